The lowest BCUT2D eigenvalue weighted by Gasteiger charge is -2.29. The van der Waals surface area contributed by atoms with E-state index in [4.69, 9.17) is 4.74 Å². The van der Waals surface area contributed by atoms with Crippen LogP contribution in [0.4, 0.5) is 5.69 Å². The standard InChI is InChI=1S/C25H28N6O2/c1-16-26-15-23(31(16)3)17-4-9-22-21(14-17)24(29-28-22)25(32)27-18-5-7-19(8-6-18)33-20-10-12-30(2)13-11-20/h4-9,14-15,20H,10-13H2,1-3H3,(H,27,32)(H,28,29). The monoisotopic (exact) mass is 444 g/mol. The number of amides is 1. The van der Waals surface area contributed by atoms with Crippen molar-refractivity contribution in [2.75, 3.05) is 25.5 Å². The van der Waals surface area contributed by atoms with Gasteiger partial charge in [-0.15, -0.1) is 0 Å². The highest BCUT2D eigenvalue weighted by Crippen LogP contribution is 2.27. The Kier molecular flexibility index (Phi) is 5.60. The van der Waals surface area contributed by atoms with Gasteiger partial charge >= 0.3 is 0 Å². The van der Waals surface area contributed by atoms with Crippen LogP contribution in [-0.2, 0) is 7.05 Å². The van der Waals surface area contributed by atoms with E-state index in [0.717, 1.165) is 59.7 Å². The number of hydrogen-bond donors (Lipinski definition) is 2. The van der Waals surface area contributed by atoms with Crippen LogP contribution in [0.2, 0.25) is 0 Å². The van der Waals surface area contributed by atoms with Crippen molar-refractivity contribution in [2.45, 2.75) is 25.9 Å². The number of benzene rings is 2. The predicted molar refractivity (Wildman–Crippen MR) is 129 cm³/mol. The molecule has 1 amide bonds. The first-order chi connectivity index (χ1) is 16.0. The molecule has 0 spiro atoms. The Balaban J connectivity index is 1.31. The molecule has 2 aromatic carbocycles. The minimum Gasteiger partial charge on any atom is -0.490 e. The molecule has 0 bridgehead atoms. The van der Waals surface area contributed by atoms with Crippen LogP contribution in [0.3, 0.4) is 0 Å². The normalized spacial score (nSPS) is 15.1. The van der Waals surface area contributed by atoms with Crippen LogP contribution in [0.5, 0.6) is 5.75 Å². The molecule has 1 aliphatic heterocycles. The van der Waals surface area contributed by atoms with Crippen LogP contribution in [0.25, 0.3) is 22.2 Å². The number of H-pyrrole nitrogens is 1. The third-order valence-corrected chi connectivity index (χ3v) is 6.37. The number of anilines is 1. The minimum absolute atomic E-state index is 0.245. The maximum Gasteiger partial charge on any atom is 0.276 e. The van der Waals surface area contributed by atoms with Crippen LogP contribution in [0, 0.1) is 6.92 Å². The van der Waals surface area contributed by atoms with E-state index in [-0.39, 0.29) is 12.0 Å². The summed E-state index contributed by atoms with van der Waals surface area (Å²) < 4.78 is 8.12. The summed E-state index contributed by atoms with van der Waals surface area (Å²) in [6, 6.07) is 13.4. The van der Waals surface area contributed by atoms with Crippen molar-refractivity contribution in [3.05, 3.63) is 60.2 Å². The van der Waals surface area contributed by atoms with E-state index in [0.29, 0.717) is 11.4 Å². The Labute approximate surface area is 192 Å². The molecular weight excluding hydrogens is 416 g/mol. The summed E-state index contributed by atoms with van der Waals surface area (Å²) in [4.78, 5) is 19.7. The lowest BCUT2D eigenvalue weighted by atomic mass is 10.1. The van der Waals surface area contributed by atoms with Crippen molar-refractivity contribution in [3.63, 3.8) is 0 Å². The number of piperidine rings is 1. The lowest BCUT2D eigenvalue weighted by Crippen LogP contribution is -2.35. The average molecular weight is 445 g/mol. The quantitative estimate of drug-likeness (QED) is 0.486. The zero-order valence-corrected chi connectivity index (χ0v) is 19.1. The minimum atomic E-state index is -0.261. The summed E-state index contributed by atoms with van der Waals surface area (Å²) in [5.74, 6) is 1.49. The molecule has 170 valence electrons. The van der Waals surface area contributed by atoms with Crippen LogP contribution in [0.1, 0.15) is 29.2 Å². The largest absolute Gasteiger partial charge is 0.490 e. The summed E-state index contributed by atoms with van der Waals surface area (Å²) in [6.45, 7) is 4.07. The van der Waals surface area contributed by atoms with Crippen LogP contribution >= 0.6 is 0 Å². The fourth-order valence-electron chi connectivity index (χ4n) is 4.22. The maximum absolute atomic E-state index is 13.0. The Hall–Kier alpha value is -3.65. The molecule has 1 saturated heterocycles. The molecular formula is C25H28N6O2. The first kappa shape index (κ1) is 21.2. The van der Waals surface area contributed by atoms with E-state index in [1.54, 1.807) is 0 Å². The van der Waals surface area contributed by atoms with Crippen molar-refractivity contribution >= 4 is 22.5 Å². The molecule has 0 radical (unpaired) electrons. The van der Waals surface area contributed by atoms with E-state index >= 15 is 0 Å². The highest BCUT2D eigenvalue weighted by molar-refractivity contribution is 6.11. The number of fused-ring (bicyclic) bond motifs is 1. The molecule has 0 atom stereocenters. The fraction of sp³-hybridized carbons (Fsp3) is 0.320. The second-order valence-electron chi connectivity index (χ2n) is 8.68. The maximum atomic E-state index is 13.0. The summed E-state index contributed by atoms with van der Waals surface area (Å²) >= 11 is 0. The smallest absolute Gasteiger partial charge is 0.276 e. The number of carbonyl (C=O) groups is 1. The van der Waals surface area contributed by atoms with E-state index in [2.05, 4.69) is 32.4 Å². The molecule has 0 aliphatic carbocycles. The van der Waals surface area contributed by atoms with Gasteiger partial charge in [0.2, 0.25) is 0 Å². The van der Waals surface area contributed by atoms with Crippen LogP contribution in [0.15, 0.2) is 48.7 Å². The van der Waals surface area contributed by atoms with Crippen LogP contribution in [-0.4, -0.2) is 56.8 Å². The number of carbonyl (C=O) groups excluding carboxylic acids is 1. The number of hydrogen-bond acceptors (Lipinski definition) is 5. The molecule has 8 heteroatoms. The van der Waals surface area contributed by atoms with Gasteiger partial charge < -0.3 is 19.5 Å². The third-order valence-electron chi connectivity index (χ3n) is 6.37. The number of ether oxygens (including phenoxy) is 1. The van der Waals surface area contributed by atoms with Gasteiger partial charge in [0, 0.05) is 36.8 Å². The van der Waals surface area contributed by atoms with Crippen LogP contribution < -0.4 is 10.1 Å². The van der Waals surface area contributed by atoms with Gasteiger partial charge in [0.05, 0.1) is 17.4 Å². The van der Waals surface area contributed by atoms with E-state index in [1.165, 1.54) is 0 Å². The SMILES string of the molecule is Cc1ncc(-c2ccc3[nH]nc(C(=O)Nc4ccc(OC5CCN(C)CC5)cc4)c3c2)n1C. The summed E-state index contributed by atoms with van der Waals surface area (Å²) in [6.07, 6.45) is 4.14. The number of rotatable bonds is 5. The van der Waals surface area contributed by atoms with Crippen molar-refractivity contribution in [3.8, 4) is 17.0 Å². The van der Waals surface area contributed by atoms with E-state index < -0.39 is 0 Å². The van der Waals surface area contributed by atoms with E-state index in [9.17, 15) is 4.79 Å². The van der Waals surface area contributed by atoms with Crippen molar-refractivity contribution in [2.24, 2.45) is 7.05 Å². The molecule has 3 heterocycles. The number of nitrogens with one attached hydrogen (secondary N) is 2. The Morgan fingerprint density at radius 2 is 1.88 bits per heavy atom. The molecule has 8 nitrogen and oxygen atoms in total. The number of nitrogens with zero attached hydrogens (tertiary/aromatic N) is 4. The molecule has 0 unspecified atom stereocenters. The lowest BCUT2D eigenvalue weighted by molar-refractivity contribution is 0.102. The molecule has 1 fully saturated rings. The zero-order chi connectivity index (χ0) is 22.9. The average Bonchev–Trinajstić information content (AvgIpc) is 3.39. The third kappa shape index (κ3) is 4.34. The Morgan fingerprint density at radius 1 is 1.12 bits per heavy atom. The van der Waals surface area contributed by atoms with Gasteiger partial charge in [-0.25, -0.2) is 4.98 Å². The van der Waals surface area contributed by atoms with Gasteiger partial charge in [0.1, 0.15) is 17.7 Å². The van der Waals surface area contributed by atoms with Gasteiger partial charge in [-0.2, -0.15) is 5.10 Å². The Bertz CT molecular complexity index is 1280. The summed E-state index contributed by atoms with van der Waals surface area (Å²) in [5, 5.41) is 10.9. The van der Waals surface area contributed by atoms with Crippen molar-refractivity contribution in [1.29, 1.82) is 0 Å². The molecule has 4 aromatic rings. The Morgan fingerprint density at radius 3 is 2.58 bits per heavy atom. The van der Waals surface area contributed by atoms with Gasteiger partial charge in [-0.05, 0) is 63.2 Å². The van der Waals surface area contributed by atoms with Crippen molar-refractivity contribution < 1.29 is 9.53 Å². The molecule has 33 heavy (non-hydrogen) atoms. The molecule has 1 aliphatic rings. The highest BCUT2D eigenvalue weighted by Gasteiger charge is 2.19. The zero-order valence-electron chi connectivity index (χ0n) is 19.1. The number of imidazole rings is 1. The predicted octanol–water partition coefficient (Wildman–Crippen LogP) is 4.00. The number of aryl methyl sites for hydroxylation is 1. The first-order valence-electron chi connectivity index (χ1n) is 11.2. The highest BCUT2D eigenvalue weighted by atomic mass is 16.5. The topological polar surface area (TPSA) is 88.1 Å². The summed E-state index contributed by atoms with van der Waals surface area (Å²) in [5.41, 5.74) is 3.84. The summed E-state index contributed by atoms with van der Waals surface area (Å²) in [7, 11) is 4.11. The first-order valence-corrected chi connectivity index (χ1v) is 11.2. The number of aromatic nitrogens is 4. The second-order valence-corrected chi connectivity index (χ2v) is 8.68. The fourth-order valence-corrected chi connectivity index (χ4v) is 4.22. The van der Waals surface area contributed by atoms with Gasteiger partial charge in [-0.3, -0.25) is 9.89 Å². The van der Waals surface area contributed by atoms with Gasteiger partial charge in [-0.1, -0.05) is 6.07 Å². The molecule has 0 saturated carbocycles. The van der Waals surface area contributed by atoms with Gasteiger partial charge in [0.25, 0.3) is 5.91 Å². The molecule has 5 rings (SSSR count). The van der Waals surface area contributed by atoms with Gasteiger partial charge in [0.15, 0.2) is 5.69 Å². The number of aromatic amines is 1. The molecule has 2 N–H and O–H groups in total. The second kappa shape index (κ2) is 8.71. The number of likely N-dealkylation sites (tertiary alicyclic amines) is 1. The van der Waals surface area contributed by atoms with Crippen molar-refractivity contribution in [1.82, 2.24) is 24.6 Å². The van der Waals surface area contributed by atoms with E-state index in [1.807, 2.05) is 67.2 Å². The molecule has 2 aromatic heterocycles.